The third-order valence-electron chi connectivity index (χ3n) is 1.30. The Morgan fingerprint density at radius 3 is 2.33 bits per heavy atom. The lowest BCUT2D eigenvalue weighted by molar-refractivity contribution is 0.901. The highest BCUT2D eigenvalue weighted by molar-refractivity contribution is 5.25. The maximum Gasteiger partial charge on any atom is 0.0522 e. The average Bonchev–Trinajstić information content (AvgIpc) is 2.19. The number of hydrogen-bond acceptors (Lipinski definition) is 1. The van der Waals surface area contributed by atoms with E-state index in [1.165, 1.54) is 6.42 Å². The van der Waals surface area contributed by atoms with Crippen LogP contribution >= 0.6 is 0 Å². The standard InChI is InChI=1S/C5H9N/c1-4-3-5(4)6-2/h4-5H,2-3H2,1H3/t4-,5?/m0/s1. The molecule has 0 spiro atoms. The van der Waals surface area contributed by atoms with E-state index in [0.29, 0.717) is 6.04 Å². The minimum absolute atomic E-state index is 0.616. The largest absolute Gasteiger partial charge is 0.297 e. The lowest BCUT2D eigenvalue weighted by Gasteiger charge is -1.73. The predicted octanol–water partition coefficient (Wildman–Crippen LogP) is 1.10. The first kappa shape index (κ1) is 3.85. The summed E-state index contributed by atoms with van der Waals surface area (Å²) < 4.78 is 0. The molecule has 0 radical (unpaired) electrons. The van der Waals surface area contributed by atoms with Gasteiger partial charge in [0.2, 0.25) is 0 Å². The summed E-state index contributed by atoms with van der Waals surface area (Å²) in [5.74, 6) is 0.836. The minimum atomic E-state index is 0.616. The molecule has 1 saturated carbocycles. The highest BCUT2D eigenvalue weighted by Gasteiger charge is 2.30. The van der Waals surface area contributed by atoms with Crippen LogP contribution in [0.3, 0.4) is 0 Å². The fourth-order valence-corrected chi connectivity index (χ4v) is 0.557. The Morgan fingerprint density at radius 2 is 2.33 bits per heavy atom. The molecule has 0 aromatic carbocycles. The van der Waals surface area contributed by atoms with Crippen molar-refractivity contribution in [2.45, 2.75) is 19.4 Å². The molecule has 34 valence electrons. The molecule has 1 unspecified atom stereocenters. The molecular weight excluding hydrogens is 74.1 g/mol. The molecule has 0 amide bonds. The Hall–Kier alpha value is -0.330. The van der Waals surface area contributed by atoms with Gasteiger partial charge in [0.15, 0.2) is 0 Å². The van der Waals surface area contributed by atoms with Crippen molar-refractivity contribution < 1.29 is 0 Å². The normalized spacial score (nSPS) is 42.2. The van der Waals surface area contributed by atoms with E-state index in [1.54, 1.807) is 0 Å². The highest BCUT2D eigenvalue weighted by atomic mass is 14.8. The van der Waals surface area contributed by atoms with E-state index in [2.05, 4.69) is 18.6 Å². The maximum atomic E-state index is 3.83. The smallest absolute Gasteiger partial charge is 0.0522 e. The van der Waals surface area contributed by atoms with Gasteiger partial charge in [-0.05, 0) is 19.1 Å². The van der Waals surface area contributed by atoms with E-state index < -0.39 is 0 Å². The zero-order valence-corrected chi connectivity index (χ0v) is 4.02. The number of rotatable bonds is 1. The van der Waals surface area contributed by atoms with Crippen LogP contribution in [0.2, 0.25) is 0 Å². The highest BCUT2D eigenvalue weighted by Crippen LogP contribution is 2.31. The summed E-state index contributed by atoms with van der Waals surface area (Å²) in [6, 6.07) is 0.616. The molecule has 6 heavy (non-hydrogen) atoms. The Balaban J connectivity index is 2.25. The van der Waals surface area contributed by atoms with Gasteiger partial charge in [-0.3, -0.25) is 4.99 Å². The lowest BCUT2D eigenvalue weighted by Crippen LogP contribution is -1.72. The topological polar surface area (TPSA) is 12.4 Å². The Morgan fingerprint density at radius 1 is 1.83 bits per heavy atom. The molecule has 0 bridgehead atoms. The zero-order valence-electron chi connectivity index (χ0n) is 4.02. The zero-order chi connectivity index (χ0) is 4.57. The molecule has 0 N–H and O–H groups in total. The molecule has 0 aromatic heterocycles. The van der Waals surface area contributed by atoms with Crippen LogP contribution in [0.15, 0.2) is 4.99 Å². The van der Waals surface area contributed by atoms with E-state index in [4.69, 9.17) is 0 Å². The molecule has 0 aliphatic heterocycles. The first-order valence-corrected chi connectivity index (χ1v) is 2.30. The molecule has 1 rings (SSSR count). The van der Waals surface area contributed by atoms with Crippen LogP contribution < -0.4 is 0 Å². The van der Waals surface area contributed by atoms with Crippen molar-refractivity contribution in [3.8, 4) is 0 Å². The van der Waals surface area contributed by atoms with Crippen molar-refractivity contribution in [2.75, 3.05) is 0 Å². The third-order valence-corrected chi connectivity index (χ3v) is 1.30. The second-order valence-electron chi connectivity index (χ2n) is 1.96. The summed E-state index contributed by atoms with van der Waals surface area (Å²) in [7, 11) is 0. The van der Waals surface area contributed by atoms with Crippen LogP contribution in [0.4, 0.5) is 0 Å². The number of nitrogens with zero attached hydrogens (tertiary/aromatic N) is 1. The van der Waals surface area contributed by atoms with Crippen molar-refractivity contribution in [1.29, 1.82) is 0 Å². The molecule has 1 aliphatic carbocycles. The SMILES string of the molecule is C=NC1C[C@@H]1C. The summed E-state index contributed by atoms with van der Waals surface area (Å²) >= 11 is 0. The maximum absolute atomic E-state index is 3.83. The fraction of sp³-hybridized carbons (Fsp3) is 0.800. The van der Waals surface area contributed by atoms with Crippen LogP contribution in [0.5, 0.6) is 0 Å². The fourth-order valence-electron chi connectivity index (χ4n) is 0.557. The van der Waals surface area contributed by atoms with Crippen molar-refractivity contribution in [3.63, 3.8) is 0 Å². The minimum Gasteiger partial charge on any atom is -0.297 e. The van der Waals surface area contributed by atoms with Crippen LogP contribution in [-0.2, 0) is 0 Å². The lowest BCUT2D eigenvalue weighted by atomic mass is 10.5. The van der Waals surface area contributed by atoms with E-state index in [0.717, 1.165) is 5.92 Å². The summed E-state index contributed by atoms with van der Waals surface area (Å²) in [6.07, 6.45) is 1.27. The first-order chi connectivity index (χ1) is 2.84. The molecule has 0 saturated heterocycles. The van der Waals surface area contributed by atoms with Gasteiger partial charge in [-0.2, -0.15) is 0 Å². The number of aliphatic imine (C=N–C) groups is 1. The third kappa shape index (κ3) is 0.445. The summed E-state index contributed by atoms with van der Waals surface area (Å²) in [4.78, 5) is 3.83. The van der Waals surface area contributed by atoms with Gasteiger partial charge in [-0.1, -0.05) is 6.92 Å². The van der Waals surface area contributed by atoms with Crippen LogP contribution in [-0.4, -0.2) is 12.8 Å². The van der Waals surface area contributed by atoms with Gasteiger partial charge >= 0.3 is 0 Å². The van der Waals surface area contributed by atoms with Crippen LogP contribution in [0.25, 0.3) is 0 Å². The van der Waals surface area contributed by atoms with Gasteiger partial charge in [-0.25, -0.2) is 0 Å². The van der Waals surface area contributed by atoms with Crippen molar-refractivity contribution >= 4 is 6.72 Å². The molecule has 0 heterocycles. The molecule has 2 atom stereocenters. The Kier molecular flexibility index (Phi) is 0.685. The second kappa shape index (κ2) is 1.07. The van der Waals surface area contributed by atoms with Gasteiger partial charge in [0.05, 0.1) is 6.04 Å². The quantitative estimate of drug-likeness (QED) is 0.421. The van der Waals surface area contributed by atoms with Gasteiger partial charge < -0.3 is 0 Å². The van der Waals surface area contributed by atoms with Crippen molar-refractivity contribution in [3.05, 3.63) is 0 Å². The molecule has 0 aromatic rings. The number of hydrogen-bond donors (Lipinski definition) is 0. The summed E-state index contributed by atoms with van der Waals surface area (Å²) in [5.41, 5.74) is 0. The van der Waals surface area contributed by atoms with Crippen LogP contribution in [0.1, 0.15) is 13.3 Å². The predicted molar refractivity (Wildman–Crippen MR) is 27.1 cm³/mol. The first-order valence-electron chi connectivity index (χ1n) is 2.30. The van der Waals surface area contributed by atoms with E-state index in [-0.39, 0.29) is 0 Å². The average molecular weight is 83.1 g/mol. The van der Waals surface area contributed by atoms with E-state index in [1.807, 2.05) is 0 Å². The van der Waals surface area contributed by atoms with Gasteiger partial charge in [-0.15, -0.1) is 0 Å². The van der Waals surface area contributed by atoms with E-state index in [9.17, 15) is 0 Å². The van der Waals surface area contributed by atoms with Gasteiger partial charge in [0.25, 0.3) is 0 Å². The molecule has 1 nitrogen and oxygen atoms in total. The van der Waals surface area contributed by atoms with Crippen molar-refractivity contribution in [2.24, 2.45) is 10.9 Å². The monoisotopic (exact) mass is 83.1 g/mol. The molecule has 1 fully saturated rings. The second-order valence-corrected chi connectivity index (χ2v) is 1.96. The van der Waals surface area contributed by atoms with Crippen LogP contribution in [0, 0.1) is 5.92 Å². The Labute approximate surface area is 38.1 Å². The Bertz CT molecular complexity index is 68.3. The van der Waals surface area contributed by atoms with Gasteiger partial charge in [0.1, 0.15) is 0 Å². The molecule has 1 heteroatoms. The summed E-state index contributed by atoms with van der Waals surface area (Å²) in [5, 5.41) is 0. The van der Waals surface area contributed by atoms with Crippen molar-refractivity contribution in [1.82, 2.24) is 0 Å². The van der Waals surface area contributed by atoms with E-state index >= 15 is 0 Å². The molecular formula is C5H9N. The summed E-state index contributed by atoms with van der Waals surface area (Å²) in [6.45, 7) is 5.62. The molecule has 1 aliphatic rings. The van der Waals surface area contributed by atoms with Gasteiger partial charge in [0, 0.05) is 0 Å².